The molecule has 11 heteroatoms. The number of halogens is 3. The largest absolute Gasteiger partial charge is 0.456 e. The van der Waals surface area contributed by atoms with Gasteiger partial charge in [-0.1, -0.05) is 0 Å². The Hall–Kier alpha value is -3.99. The molecule has 3 heterocycles. The minimum atomic E-state index is -3.04. The molecule has 1 fully saturated rings. The average molecular weight is 543 g/mol. The lowest BCUT2D eigenvalue weighted by molar-refractivity contribution is -0.125. The molecule has 2 aromatic heterocycles. The van der Waals surface area contributed by atoms with Crippen molar-refractivity contribution >= 4 is 17.5 Å². The van der Waals surface area contributed by atoms with E-state index in [-0.39, 0.29) is 54.5 Å². The predicted octanol–water partition coefficient (Wildman–Crippen LogP) is 4.67. The molecule has 0 spiro atoms. The van der Waals surface area contributed by atoms with Crippen molar-refractivity contribution in [2.75, 3.05) is 18.4 Å². The summed E-state index contributed by atoms with van der Waals surface area (Å²) >= 11 is 0. The van der Waals surface area contributed by atoms with Crippen LogP contribution in [0, 0.1) is 5.82 Å². The molecule has 0 radical (unpaired) electrons. The SMILES string of the molecule is CC(=O)CCc1cc([C@H]2CN([C@@H](C)C(=O)Nc3ccc(Oc4ccc(F)cc4)cn3)CCC2(F)F)c[nH]c1=O. The third-order valence-corrected chi connectivity index (χ3v) is 6.77. The van der Waals surface area contributed by atoms with E-state index in [1.165, 1.54) is 49.6 Å². The number of benzene rings is 1. The summed E-state index contributed by atoms with van der Waals surface area (Å²) in [5.74, 6) is -4.11. The number of aromatic amines is 1. The number of anilines is 1. The van der Waals surface area contributed by atoms with Crippen LogP contribution in [-0.2, 0) is 16.0 Å². The van der Waals surface area contributed by atoms with Gasteiger partial charge in [-0.05, 0) is 68.3 Å². The molecule has 0 unspecified atom stereocenters. The van der Waals surface area contributed by atoms with E-state index in [0.29, 0.717) is 11.5 Å². The van der Waals surface area contributed by atoms with Gasteiger partial charge in [0, 0.05) is 37.7 Å². The molecule has 1 amide bonds. The number of hydrogen-bond donors (Lipinski definition) is 2. The number of hydrogen-bond acceptors (Lipinski definition) is 6. The van der Waals surface area contributed by atoms with E-state index in [9.17, 15) is 27.6 Å². The summed E-state index contributed by atoms with van der Waals surface area (Å²) in [7, 11) is 0. The van der Waals surface area contributed by atoms with Crippen molar-refractivity contribution in [3.63, 3.8) is 0 Å². The average Bonchev–Trinajstić information content (AvgIpc) is 2.90. The van der Waals surface area contributed by atoms with Crippen LogP contribution in [-0.4, -0.2) is 51.6 Å². The Kier molecular flexibility index (Phi) is 8.49. The Morgan fingerprint density at radius 1 is 1.21 bits per heavy atom. The number of Topliss-reactive ketones (excluding diaryl/α,β-unsaturated/α-hetero) is 1. The summed E-state index contributed by atoms with van der Waals surface area (Å²) in [6.45, 7) is 2.95. The lowest BCUT2D eigenvalue weighted by Gasteiger charge is -2.40. The minimum Gasteiger partial charge on any atom is -0.456 e. The molecule has 0 bridgehead atoms. The second kappa shape index (κ2) is 11.8. The van der Waals surface area contributed by atoms with Crippen molar-refractivity contribution in [2.45, 2.75) is 51.0 Å². The van der Waals surface area contributed by atoms with Gasteiger partial charge >= 0.3 is 0 Å². The van der Waals surface area contributed by atoms with Gasteiger partial charge in [0.1, 0.15) is 28.9 Å². The molecule has 1 aromatic carbocycles. The van der Waals surface area contributed by atoms with Crippen LogP contribution in [0.2, 0.25) is 0 Å². The van der Waals surface area contributed by atoms with Gasteiger partial charge in [-0.3, -0.25) is 14.5 Å². The number of ether oxygens (including phenoxy) is 1. The molecular formula is C28H29F3N4O4. The minimum absolute atomic E-state index is 0.0104. The van der Waals surface area contributed by atoms with Gasteiger partial charge in [-0.15, -0.1) is 0 Å². The molecule has 1 aliphatic heterocycles. The predicted molar refractivity (Wildman–Crippen MR) is 139 cm³/mol. The fraction of sp³-hybridized carbons (Fsp3) is 0.357. The number of aryl methyl sites for hydroxylation is 1. The van der Waals surface area contributed by atoms with Crippen LogP contribution in [0.25, 0.3) is 0 Å². The quantitative estimate of drug-likeness (QED) is 0.407. The highest BCUT2D eigenvalue weighted by Crippen LogP contribution is 2.40. The molecular weight excluding hydrogens is 513 g/mol. The van der Waals surface area contributed by atoms with E-state index in [4.69, 9.17) is 4.74 Å². The number of ketones is 1. The van der Waals surface area contributed by atoms with E-state index in [0.717, 1.165) is 0 Å². The van der Waals surface area contributed by atoms with Crippen molar-refractivity contribution in [1.29, 1.82) is 0 Å². The number of aromatic nitrogens is 2. The highest BCUT2D eigenvalue weighted by atomic mass is 19.3. The second-order valence-electron chi connectivity index (χ2n) is 9.65. The van der Waals surface area contributed by atoms with Crippen LogP contribution in [0.5, 0.6) is 11.5 Å². The summed E-state index contributed by atoms with van der Waals surface area (Å²) in [5.41, 5.74) is 0.124. The Labute approximate surface area is 223 Å². The van der Waals surface area contributed by atoms with E-state index in [1.807, 2.05) is 0 Å². The van der Waals surface area contributed by atoms with Crippen LogP contribution in [0.3, 0.4) is 0 Å². The maximum absolute atomic E-state index is 15.0. The summed E-state index contributed by atoms with van der Waals surface area (Å²) in [5, 5.41) is 2.69. The van der Waals surface area contributed by atoms with Gasteiger partial charge in [0.05, 0.1) is 18.2 Å². The van der Waals surface area contributed by atoms with Gasteiger partial charge in [0.2, 0.25) is 5.91 Å². The van der Waals surface area contributed by atoms with Crippen molar-refractivity contribution in [3.8, 4) is 11.5 Å². The Morgan fingerprint density at radius 2 is 1.92 bits per heavy atom. The van der Waals surface area contributed by atoms with Crippen LogP contribution >= 0.6 is 0 Å². The molecule has 206 valence electrons. The lowest BCUT2D eigenvalue weighted by Crippen LogP contribution is -2.52. The van der Waals surface area contributed by atoms with Gasteiger partial charge in [0.25, 0.3) is 11.5 Å². The third kappa shape index (κ3) is 7.11. The van der Waals surface area contributed by atoms with Crippen LogP contribution < -0.4 is 15.6 Å². The first-order chi connectivity index (χ1) is 18.5. The maximum Gasteiger partial charge on any atom is 0.257 e. The smallest absolute Gasteiger partial charge is 0.257 e. The molecule has 1 saturated heterocycles. The fourth-order valence-corrected chi connectivity index (χ4v) is 4.42. The zero-order valence-electron chi connectivity index (χ0n) is 21.5. The number of nitrogens with zero attached hydrogens (tertiary/aromatic N) is 2. The number of alkyl halides is 2. The number of pyridine rings is 2. The molecule has 2 N–H and O–H groups in total. The normalized spacial score (nSPS) is 17.8. The number of carbonyl (C=O) groups is 2. The van der Waals surface area contributed by atoms with Crippen molar-refractivity contribution in [1.82, 2.24) is 14.9 Å². The van der Waals surface area contributed by atoms with Crippen LogP contribution in [0.15, 0.2) is 59.7 Å². The molecule has 8 nitrogen and oxygen atoms in total. The lowest BCUT2D eigenvalue weighted by atomic mass is 9.86. The maximum atomic E-state index is 15.0. The number of rotatable bonds is 9. The highest BCUT2D eigenvalue weighted by Gasteiger charge is 2.46. The van der Waals surface area contributed by atoms with E-state index in [1.54, 1.807) is 24.0 Å². The Balaban J connectivity index is 1.41. The summed E-state index contributed by atoms with van der Waals surface area (Å²) < 4.78 is 48.6. The fourth-order valence-electron chi connectivity index (χ4n) is 4.42. The number of carbonyl (C=O) groups excluding carboxylic acids is 2. The van der Waals surface area contributed by atoms with Crippen molar-refractivity contribution in [3.05, 3.63) is 82.2 Å². The molecule has 3 aromatic rings. The molecule has 4 rings (SSSR count). The summed E-state index contributed by atoms with van der Waals surface area (Å²) in [6, 6.07) is 9.32. The molecule has 1 aliphatic rings. The highest BCUT2D eigenvalue weighted by molar-refractivity contribution is 5.93. The second-order valence-corrected chi connectivity index (χ2v) is 9.65. The molecule has 0 aliphatic carbocycles. The molecule has 0 saturated carbocycles. The first kappa shape index (κ1) is 28.0. The number of amides is 1. The number of likely N-dealkylation sites (tertiary alicyclic amines) is 1. The van der Waals surface area contributed by atoms with E-state index >= 15 is 0 Å². The van der Waals surface area contributed by atoms with Gasteiger partial charge < -0.3 is 19.8 Å². The van der Waals surface area contributed by atoms with E-state index in [2.05, 4.69) is 15.3 Å². The van der Waals surface area contributed by atoms with E-state index < -0.39 is 35.8 Å². The van der Waals surface area contributed by atoms with Gasteiger partial charge in [-0.2, -0.15) is 0 Å². The third-order valence-electron chi connectivity index (χ3n) is 6.77. The molecule has 2 atom stereocenters. The van der Waals surface area contributed by atoms with Gasteiger partial charge in [0.15, 0.2) is 0 Å². The Morgan fingerprint density at radius 3 is 2.59 bits per heavy atom. The van der Waals surface area contributed by atoms with Crippen molar-refractivity contribution < 1.29 is 27.5 Å². The van der Waals surface area contributed by atoms with Crippen molar-refractivity contribution in [2.24, 2.45) is 0 Å². The number of piperidine rings is 1. The number of H-pyrrole nitrogens is 1. The van der Waals surface area contributed by atoms with Crippen LogP contribution in [0.1, 0.15) is 43.7 Å². The topological polar surface area (TPSA) is 104 Å². The zero-order chi connectivity index (χ0) is 28.2. The monoisotopic (exact) mass is 542 g/mol. The standard InChI is InChI=1S/C28H29F3N4O4/c1-17(36)3-4-19-13-20(14-33-27(19)38)24-16-35(12-11-28(24,30)31)18(2)26(37)34-25-10-9-23(15-32-25)39-22-7-5-21(29)6-8-22/h5-10,13-15,18,24H,3-4,11-12,16H2,1-2H3,(H,33,38)(H,32,34,37)/t18-,24+/m0/s1. The molecule has 39 heavy (non-hydrogen) atoms. The first-order valence-corrected chi connectivity index (χ1v) is 12.5. The number of nitrogens with one attached hydrogen (secondary N) is 2. The zero-order valence-corrected chi connectivity index (χ0v) is 21.5. The Bertz CT molecular complexity index is 1380. The van der Waals surface area contributed by atoms with Gasteiger partial charge in [-0.25, -0.2) is 18.2 Å². The van der Waals surface area contributed by atoms with Crippen LogP contribution in [0.4, 0.5) is 19.0 Å². The summed E-state index contributed by atoms with van der Waals surface area (Å²) in [4.78, 5) is 44.8. The summed E-state index contributed by atoms with van der Waals surface area (Å²) in [6.07, 6.45) is 2.54. The first-order valence-electron chi connectivity index (χ1n) is 12.5.